The molecule has 0 aromatic heterocycles. The predicted octanol–water partition coefficient (Wildman–Crippen LogP) is 7.03. The minimum atomic E-state index is -1.25. The molecule has 0 bridgehead atoms. The van der Waals surface area contributed by atoms with E-state index in [1.807, 2.05) is 18.2 Å². The zero-order chi connectivity index (χ0) is 28.7. The van der Waals surface area contributed by atoms with E-state index >= 15 is 0 Å². The molecule has 3 aliphatic carbocycles. The number of fused-ring (bicyclic) bond motifs is 1. The molecule has 5 nitrogen and oxygen atoms in total. The summed E-state index contributed by atoms with van der Waals surface area (Å²) in [6.45, 7) is 19.6. The summed E-state index contributed by atoms with van der Waals surface area (Å²) >= 11 is 0. The summed E-state index contributed by atoms with van der Waals surface area (Å²) in [6, 6.07) is 9.19. The van der Waals surface area contributed by atoms with E-state index in [2.05, 4.69) is 71.3 Å². The summed E-state index contributed by atoms with van der Waals surface area (Å²) < 4.78 is 24.9. The van der Waals surface area contributed by atoms with Crippen LogP contribution >= 0.6 is 0 Å². The van der Waals surface area contributed by atoms with Crippen molar-refractivity contribution in [1.82, 2.24) is 0 Å². The predicted molar refractivity (Wildman–Crippen MR) is 161 cm³/mol. The largest absolute Gasteiger partial charge is 0.497 e. The van der Waals surface area contributed by atoms with Gasteiger partial charge in [-0.05, 0) is 60.8 Å². The first-order valence-electron chi connectivity index (χ1n) is 14.7. The molecule has 0 aliphatic heterocycles. The second-order valence-electron chi connectivity index (χ2n) is 14.1. The minimum Gasteiger partial charge on any atom is -0.497 e. The molecule has 6 heteroatoms. The van der Waals surface area contributed by atoms with Gasteiger partial charge in [-0.15, -0.1) is 6.58 Å². The second-order valence-corrected chi connectivity index (χ2v) is 19.8. The molecule has 218 valence electrons. The first-order chi connectivity index (χ1) is 18.3. The first kappa shape index (κ1) is 30.5. The van der Waals surface area contributed by atoms with Gasteiger partial charge in [-0.25, -0.2) is 0 Å². The number of hydrogen-bond acceptors (Lipinski definition) is 5. The van der Waals surface area contributed by atoms with E-state index in [-0.39, 0.29) is 29.6 Å². The summed E-state index contributed by atoms with van der Waals surface area (Å²) in [5.74, 6) is 1.02. The molecular weight excluding hydrogens is 504 g/mol. The van der Waals surface area contributed by atoms with Crippen LogP contribution in [0, 0.1) is 22.2 Å². The molecule has 1 N–H and O–H groups in total. The van der Waals surface area contributed by atoms with Crippen molar-refractivity contribution in [3.05, 3.63) is 54.6 Å². The third-order valence-corrected chi connectivity index (χ3v) is 12.3. The molecule has 1 aromatic rings. The van der Waals surface area contributed by atoms with Crippen molar-refractivity contribution >= 4 is 8.07 Å². The molecular formula is C33H52O5Si. The van der Waals surface area contributed by atoms with Gasteiger partial charge in [0.05, 0.1) is 37.4 Å². The fourth-order valence-corrected chi connectivity index (χ4v) is 8.93. The summed E-state index contributed by atoms with van der Waals surface area (Å²) in [5.41, 5.74) is -1.29. The molecule has 7 atom stereocenters. The topological polar surface area (TPSA) is 57.2 Å². The van der Waals surface area contributed by atoms with Crippen LogP contribution in [0.2, 0.25) is 25.7 Å². The Labute approximate surface area is 238 Å². The number of ether oxygens (including phenoxy) is 4. The molecule has 1 aromatic carbocycles. The van der Waals surface area contributed by atoms with Crippen LogP contribution in [-0.2, 0) is 20.8 Å². The lowest BCUT2D eigenvalue weighted by Gasteiger charge is -2.69. The van der Waals surface area contributed by atoms with Crippen molar-refractivity contribution in [2.24, 2.45) is 22.2 Å². The molecule has 2 fully saturated rings. The molecule has 4 rings (SSSR count). The van der Waals surface area contributed by atoms with Crippen molar-refractivity contribution in [1.29, 1.82) is 0 Å². The SMILES string of the molecule is C=C[C@@]1(O)C2(C=CC[C@H]2OCC[Si](C)(C)C)[C@H](OC)C[C@@H]2C(C)(C)[C@@H](OCc3ccc(OC)cc3)CC[C@]21C. The number of aliphatic hydroxyl groups is 1. The van der Waals surface area contributed by atoms with E-state index in [9.17, 15) is 5.11 Å². The summed E-state index contributed by atoms with van der Waals surface area (Å²) in [6.07, 6.45) is 9.35. The molecule has 0 heterocycles. The third-order valence-electron chi connectivity index (χ3n) is 10.6. The average molecular weight is 557 g/mol. The van der Waals surface area contributed by atoms with E-state index in [1.165, 1.54) is 0 Å². The Morgan fingerprint density at radius 1 is 1.03 bits per heavy atom. The molecule has 2 saturated carbocycles. The molecule has 0 saturated heterocycles. The lowest BCUT2D eigenvalue weighted by Crippen LogP contribution is -2.74. The van der Waals surface area contributed by atoms with Crippen LogP contribution in [0.4, 0.5) is 0 Å². The van der Waals surface area contributed by atoms with E-state index in [1.54, 1.807) is 14.2 Å². The van der Waals surface area contributed by atoms with Crippen LogP contribution in [0.3, 0.4) is 0 Å². The Hall–Kier alpha value is -1.44. The zero-order valence-corrected chi connectivity index (χ0v) is 26.6. The molecule has 39 heavy (non-hydrogen) atoms. The van der Waals surface area contributed by atoms with Gasteiger partial charge < -0.3 is 24.1 Å². The average Bonchev–Trinajstić information content (AvgIpc) is 3.31. The van der Waals surface area contributed by atoms with Gasteiger partial charge in [-0.3, -0.25) is 0 Å². The summed E-state index contributed by atoms with van der Waals surface area (Å²) in [4.78, 5) is 0. The quantitative estimate of drug-likeness (QED) is 0.248. The van der Waals surface area contributed by atoms with E-state index in [4.69, 9.17) is 18.9 Å². The minimum absolute atomic E-state index is 0.0706. The van der Waals surface area contributed by atoms with Gasteiger partial charge in [0.1, 0.15) is 11.4 Å². The van der Waals surface area contributed by atoms with Crippen LogP contribution in [0.15, 0.2) is 49.1 Å². The van der Waals surface area contributed by atoms with E-state index < -0.39 is 24.5 Å². The highest BCUT2D eigenvalue weighted by molar-refractivity contribution is 6.76. The standard InChI is InChI=1S/C33H52O5Si/c1-10-33(34)31(4)19-17-27(38-23-24-13-15-25(35-5)16-14-24)30(2,3)26(31)22-29(36-6)32(33)18-11-12-28(32)37-20-21-39(7,8)9/h10-11,13-16,18,26-29,34H,1,12,17,19-23H2,2-9H3/t26-,27+,28-,29-,31-,32?,33+/m1/s1. The maximum absolute atomic E-state index is 12.9. The molecule has 0 amide bonds. The molecule has 1 spiro atoms. The van der Waals surface area contributed by atoms with Crippen molar-refractivity contribution < 1.29 is 24.1 Å². The molecule has 0 radical (unpaired) electrons. The first-order valence-corrected chi connectivity index (χ1v) is 18.4. The van der Waals surface area contributed by atoms with Gasteiger partial charge in [-0.2, -0.15) is 0 Å². The van der Waals surface area contributed by atoms with Crippen LogP contribution < -0.4 is 4.74 Å². The van der Waals surface area contributed by atoms with Crippen molar-refractivity contribution in [2.75, 3.05) is 20.8 Å². The normalized spacial score (nSPS) is 37.6. The number of benzene rings is 1. The summed E-state index contributed by atoms with van der Waals surface area (Å²) in [7, 11) is 2.23. The van der Waals surface area contributed by atoms with Crippen molar-refractivity contribution in [3.8, 4) is 5.75 Å². The lowest BCUT2D eigenvalue weighted by atomic mass is 9.39. The maximum Gasteiger partial charge on any atom is 0.118 e. The Bertz CT molecular complexity index is 1030. The maximum atomic E-state index is 12.9. The van der Waals surface area contributed by atoms with Gasteiger partial charge in [0.2, 0.25) is 0 Å². The Morgan fingerprint density at radius 2 is 1.72 bits per heavy atom. The number of hydrogen-bond donors (Lipinski definition) is 1. The van der Waals surface area contributed by atoms with Gasteiger partial charge in [0, 0.05) is 27.2 Å². The molecule has 3 aliphatic rings. The lowest BCUT2D eigenvalue weighted by molar-refractivity contribution is -0.288. The fourth-order valence-electron chi connectivity index (χ4n) is 8.20. The number of rotatable bonds is 10. The second kappa shape index (κ2) is 11.1. The van der Waals surface area contributed by atoms with Gasteiger partial charge in [-0.1, -0.05) is 70.8 Å². The molecule has 1 unspecified atom stereocenters. The van der Waals surface area contributed by atoms with Crippen LogP contribution in [0.25, 0.3) is 0 Å². The highest BCUT2D eigenvalue weighted by Gasteiger charge is 2.73. The smallest absolute Gasteiger partial charge is 0.118 e. The summed E-state index contributed by atoms with van der Waals surface area (Å²) in [5, 5.41) is 12.9. The Kier molecular flexibility index (Phi) is 8.68. The zero-order valence-electron chi connectivity index (χ0n) is 25.6. The van der Waals surface area contributed by atoms with Crippen molar-refractivity contribution in [3.63, 3.8) is 0 Å². The Morgan fingerprint density at radius 3 is 2.31 bits per heavy atom. The van der Waals surface area contributed by atoms with E-state index in [0.717, 1.165) is 49.6 Å². The highest BCUT2D eigenvalue weighted by Crippen LogP contribution is 2.69. The van der Waals surface area contributed by atoms with E-state index in [0.29, 0.717) is 6.61 Å². The van der Waals surface area contributed by atoms with Gasteiger partial charge in [0.25, 0.3) is 0 Å². The van der Waals surface area contributed by atoms with Gasteiger partial charge in [0.15, 0.2) is 0 Å². The van der Waals surface area contributed by atoms with Gasteiger partial charge >= 0.3 is 0 Å². The third kappa shape index (κ3) is 5.10. The Balaban J connectivity index is 1.62. The monoisotopic (exact) mass is 556 g/mol. The highest BCUT2D eigenvalue weighted by atomic mass is 28.3. The van der Waals surface area contributed by atoms with Crippen molar-refractivity contribution in [2.45, 2.75) is 103 Å². The fraction of sp³-hybridized carbons (Fsp3) is 0.697. The van der Waals surface area contributed by atoms with Crippen LogP contribution in [-0.4, -0.2) is 57.9 Å². The number of methoxy groups -OCH3 is 2. The van der Waals surface area contributed by atoms with Crippen LogP contribution in [0.1, 0.15) is 52.0 Å². The van der Waals surface area contributed by atoms with Crippen LogP contribution in [0.5, 0.6) is 5.75 Å².